The molecule has 0 spiro atoms. The Morgan fingerprint density at radius 1 is 1.47 bits per heavy atom. The highest BCUT2D eigenvalue weighted by Gasteiger charge is 2.07. The van der Waals surface area contributed by atoms with Crippen molar-refractivity contribution in [2.75, 3.05) is 5.73 Å². The number of hydrogen-bond acceptors (Lipinski definition) is 4. The van der Waals surface area contributed by atoms with Gasteiger partial charge in [0, 0.05) is 5.02 Å². The number of ether oxygens (including phenoxy) is 1. The fourth-order valence-electron chi connectivity index (χ4n) is 1.13. The van der Waals surface area contributed by atoms with E-state index in [-0.39, 0.29) is 0 Å². The monoisotopic (exact) mass is 240 g/mol. The summed E-state index contributed by atoms with van der Waals surface area (Å²) in [6, 6.07) is 7.21. The van der Waals surface area contributed by atoms with E-state index in [4.69, 9.17) is 22.1 Å². The fourth-order valence-corrected chi connectivity index (χ4v) is 2.02. The van der Waals surface area contributed by atoms with Crippen molar-refractivity contribution in [3.8, 4) is 10.8 Å². The minimum Gasteiger partial charge on any atom is -0.445 e. The van der Waals surface area contributed by atoms with Crippen LogP contribution in [0.25, 0.3) is 0 Å². The van der Waals surface area contributed by atoms with Gasteiger partial charge in [0.15, 0.2) is 5.13 Å². The Morgan fingerprint density at radius 3 is 2.87 bits per heavy atom. The Bertz CT molecular complexity index is 484. The highest BCUT2D eigenvalue weighted by Crippen LogP contribution is 2.33. The molecule has 15 heavy (non-hydrogen) atoms. The molecule has 0 saturated carbocycles. The summed E-state index contributed by atoms with van der Waals surface area (Å²) in [7, 11) is 0. The van der Waals surface area contributed by atoms with Crippen molar-refractivity contribution in [3.05, 3.63) is 35.0 Å². The molecule has 1 aromatic carbocycles. The predicted molar refractivity (Wildman–Crippen MR) is 62.8 cm³/mol. The van der Waals surface area contributed by atoms with Gasteiger partial charge in [-0.15, -0.1) is 0 Å². The first-order chi connectivity index (χ1) is 7.15. The molecule has 0 saturated heterocycles. The first kappa shape index (κ1) is 10.3. The van der Waals surface area contributed by atoms with Crippen LogP contribution in [0.5, 0.6) is 10.8 Å². The second-order valence-electron chi connectivity index (χ2n) is 2.98. The number of nitrogens with two attached hydrogens (primary N) is 1. The Kier molecular flexibility index (Phi) is 2.79. The lowest BCUT2D eigenvalue weighted by Gasteiger charge is -2.02. The van der Waals surface area contributed by atoms with E-state index in [9.17, 15) is 0 Å². The molecule has 3 nitrogen and oxygen atoms in total. The van der Waals surface area contributed by atoms with Crippen LogP contribution >= 0.6 is 22.9 Å². The molecule has 0 fully saturated rings. The fraction of sp³-hybridized carbons (Fsp3) is 0.100. The van der Waals surface area contributed by atoms with Crippen molar-refractivity contribution < 1.29 is 4.74 Å². The summed E-state index contributed by atoms with van der Waals surface area (Å²) >= 11 is 7.16. The number of thiazole rings is 1. The van der Waals surface area contributed by atoms with Gasteiger partial charge in [-0.25, -0.2) is 4.98 Å². The van der Waals surface area contributed by atoms with Crippen molar-refractivity contribution in [3.63, 3.8) is 0 Å². The summed E-state index contributed by atoms with van der Waals surface area (Å²) < 4.78 is 5.60. The molecule has 2 N–H and O–H groups in total. The van der Waals surface area contributed by atoms with Crippen LogP contribution < -0.4 is 10.5 Å². The number of benzene rings is 1. The molecule has 2 rings (SSSR count). The molecule has 0 atom stereocenters. The van der Waals surface area contributed by atoms with Gasteiger partial charge in [-0.1, -0.05) is 29.0 Å². The van der Waals surface area contributed by atoms with E-state index in [0.29, 0.717) is 21.0 Å². The molecule has 0 bridgehead atoms. The minimum absolute atomic E-state index is 0.504. The third kappa shape index (κ3) is 2.40. The molecule has 0 aliphatic heterocycles. The zero-order chi connectivity index (χ0) is 10.8. The standard InChI is InChI=1S/C10H9ClN2OS/c1-6-9(15-10(12)13-6)14-8-4-2-3-7(11)5-8/h2-5H,1H3,(H2,12,13). The molecule has 0 aliphatic rings. The van der Waals surface area contributed by atoms with E-state index in [1.807, 2.05) is 19.1 Å². The maximum absolute atomic E-state index is 5.84. The predicted octanol–water partition coefficient (Wildman–Crippen LogP) is 3.48. The van der Waals surface area contributed by atoms with Crippen molar-refractivity contribution in [2.24, 2.45) is 0 Å². The molecule has 5 heteroatoms. The van der Waals surface area contributed by atoms with Gasteiger partial charge >= 0.3 is 0 Å². The molecule has 0 unspecified atom stereocenters. The first-order valence-electron chi connectivity index (χ1n) is 4.31. The van der Waals surface area contributed by atoms with Crippen LogP contribution in [-0.2, 0) is 0 Å². The smallest absolute Gasteiger partial charge is 0.205 e. The maximum atomic E-state index is 5.84. The van der Waals surface area contributed by atoms with Crippen LogP contribution in [-0.4, -0.2) is 4.98 Å². The largest absolute Gasteiger partial charge is 0.445 e. The van der Waals surface area contributed by atoms with Crippen molar-refractivity contribution in [1.29, 1.82) is 0 Å². The van der Waals surface area contributed by atoms with Gasteiger partial charge in [-0.3, -0.25) is 0 Å². The quantitative estimate of drug-likeness (QED) is 0.874. The number of nitrogen functional groups attached to an aromatic ring is 1. The van der Waals surface area contributed by atoms with E-state index in [0.717, 1.165) is 5.69 Å². The van der Waals surface area contributed by atoms with E-state index >= 15 is 0 Å². The van der Waals surface area contributed by atoms with Crippen LogP contribution in [0.15, 0.2) is 24.3 Å². The van der Waals surface area contributed by atoms with Crippen LogP contribution in [0.3, 0.4) is 0 Å². The summed E-state index contributed by atoms with van der Waals surface area (Å²) in [5.41, 5.74) is 6.35. The van der Waals surface area contributed by atoms with Crippen LogP contribution in [0, 0.1) is 6.92 Å². The van der Waals surface area contributed by atoms with Crippen molar-refractivity contribution >= 4 is 28.1 Å². The minimum atomic E-state index is 0.504. The molecule has 0 radical (unpaired) electrons. The van der Waals surface area contributed by atoms with Gasteiger partial charge in [0.1, 0.15) is 5.75 Å². The third-order valence-electron chi connectivity index (χ3n) is 1.78. The lowest BCUT2D eigenvalue weighted by atomic mass is 10.3. The Balaban J connectivity index is 2.25. The van der Waals surface area contributed by atoms with E-state index in [1.165, 1.54) is 11.3 Å². The average molecular weight is 241 g/mol. The number of aromatic nitrogens is 1. The molecule has 0 aliphatic carbocycles. The van der Waals surface area contributed by atoms with Crippen LogP contribution in [0.1, 0.15) is 5.69 Å². The normalized spacial score (nSPS) is 10.3. The topological polar surface area (TPSA) is 48.1 Å². The zero-order valence-electron chi connectivity index (χ0n) is 8.03. The van der Waals surface area contributed by atoms with Crippen LogP contribution in [0.4, 0.5) is 5.13 Å². The Morgan fingerprint density at radius 2 is 2.27 bits per heavy atom. The number of aryl methyl sites for hydroxylation is 1. The molecule has 2 aromatic rings. The van der Waals surface area contributed by atoms with Crippen LogP contribution in [0.2, 0.25) is 5.02 Å². The van der Waals surface area contributed by atoms with Gasteiger partial charge in [-0.05, 0) is 25.1 Å². The lowest BCUT2D eigenvalue weighted by molar-refractivity contribution is 0.491. The number of hydrogen-bond donors (Lipinski definition) is 1. The maximum Gasteiger partial charge on any atom is 0.205 e. The molecule has 0 amide bonds. The lowest BCUT2D eigenvalue weighted by Crippen LogP contribution is -1.83. The number of anilines is 1. The summed E-state index contributed by atoms with van der Waals surface area (Å²) in [6.07, 6.45) is 0. The highest BCUT2D eigenvalue weighted by molar-refractivity contribution is 7.17. The first-order valence-corrected chi connectivity index (χ1v) is 5.51. The summed E-state index contributed by atoms with van der Waals surface area (Å²) in [5, 5.41) is 1.85. The van der Waals surface area contributed by atoms with E-state index in [1.54, 1.807) is 12.1 Å². The van der Waals surface area contributed by atoms with Gasteiger partial charge in [-0.2, -0.15) is 0 Å². The second-order valence-corrected chi connectivity index (χ2v) is 4.41. The average Bonchev–Trinajstić information content (AvgIpc) is 2.45. The Labute approximate surface area is 96.5 Å². The van der Waals surface area contributed by atoms with E-state index in [2.05, 4.69) is 4.98 Å². The number of halogens is 1. The van der Waals surface area contributed by atoms with Gasteiger partial charge < -0.3 is 10.5 Å². The van der Waals surface area contributed by atoms with E-state index < -0.39 is 0 Å². The molecule has 78 valence electrons. The third-order valence-corrected chi connectivity index (χ3v) is 2.88. The molecule has 1 heterocycles. The Hall–Kier alpha value is -1.26. The number of nitrogens with zero attached hydrogens (tertiary/aromatic N) is 1. The van der Waals surface area contributed by atoms with Crippen molar-refractivity contribution in [1.82, 2.24) is 4.98 Å². The zero-order valence-corrected chi connectivity index (χ0v) is 9.60. The van der Waals surface area contributed by atoms with Gasteiger partial charge in [0.05, 0.1) is 5.69 Å². The number of rotatable bonds is 2. The van der Waals surface area contributed by atoms with Gasteiger partial charge in [0.25, 0.3) is 0 Å². The summed E-state index contributed by atoms with van der Waals surface area (Å²) in [4.78, 5) is 4.07. The van der Waals surface area contributed by atoms with Crippen molar-refractivity contribution in [2.45, 2.75) is 6.92 Å². The SMILES string of the molecule is Cc1nc(N)sc1Oc1cccc(Cl)c1. The van der Waals surface area contributed by atoms with Gasteiger partial charge in [0.2, 0.25) is 5.06 Å². The molecular formula is C10H9ClN2OS. The highest BCUT2D eigenvalue weighted by atomic mass is 35.5. The summed E-state index contributed by atoms with van der Waals surface area (Å²) in [5.74, 6) is 0.689. The second kappa shape index (κ2) is 4.08. The molecule has 1 aromatic heterocycles. The molecular weight excluding hydrogens is 232 g/mol. The summed E-state index contributed by atoms with van der Waals surface area (Å²) in [6.45, 7) is 1.85.